The maximum Gasteiger partial charge on any atom is 0.168 e. The van der Waals surface area contributed by atoms with Gasteiger partial charge in [0.1, 0.15) is 11.9 Å². The number of allylic oxidation sites excluding steroid dienone is 2. The van der Waals surface area contributed by atoms with Crippen LogP contribution < -0.4 is 0 Å². The Bertz CT molecular complexity index is 252. The largest absolute Gasteiger partial charge is 0.498 e. The maximum atomic E-state index is 5.13. The Hall–Kier alpha value is -1.06. The molecule has 64 valence electrons. The van der Waals surface area contributed by atoms with E-state index in [9.17, 15) is 0 Å². The number of rotatable bonds is 1. The first-order valence-electron chi connectivity index (χ1n) is 3.83. The molecule has 0 aromatic carbocycles. The van der Waals surface area contributed by atoms with Crippen LogP contribution in [0.4, 0.5) is 0 Å². The summed E-state index contributed by atoms with van der Waals surface area (Å²) in [7, 11) is 1.63. The van der Waals surface area contributed by atoms with Gasteiger partial charge in [0.15, 0.2) is 6.10 Å². The molecular formula is C9H10O3. The van der Waals surface area contributed by atoms with Crippen LogP contribution in [0.3, 0.4) is 0 Å². The molecule has 2 unspecified atom stereocenters. The van der Waals surface area contributed by atoms with Crippen LogP contribution in [0.5, 0.6) is 0 Å². The highest BCUT2D eigenvalue weighted by Crippen LogP contribution is 2.21. The van der Waals surface area contributed by atoms with Crippen LogP contribution >= 0.6 is 0 Å². The highest BCUT2D eigenvalue weighted by molar-refractivity contribution is 5.23. The van der Waals surface area contributed by atoms with E-state index in [0.29, 0.717) is 0 Å². The maximum absolute atomic E-state index is 5.13. The van der Waals surface area contributed by atoms with Crippen LogP contribution in [0.2, 0.25) is 0 Å². The first-order chi connectivity index (χ1) is 5.90. The highest BCUT2D eigenvalue weighted by Gasteiger charge is 2.23. The van der Waals surface area contributed by atoms with Crippen LogP contribution in [0, 0.1) is 0 Å². The monoisotopic (exact) mass is 166 g/mol. The average Bonchev–Trinajstić information content (AvgIpc) is 2.05. The van der Waals surface area contributed by atoms with E-state index in [1.54, 1.807) is 7.11 Å². The molecule has 3 aliphatic rings. The van der Waals surface area contributed by atoms with Crippen molar-refractivity contribution in [3.63, 3.8) is 0 Å². The van der Waals surface area contributed by atoms with Gasteiger partial charge in [0.2, 0.25) is 0 Å². The summed E-state index contributed by atoms with van der Waals surface area (Å²) in [6.45, 7) is 0. The Labute approximate surface area is 70.8 Å². The number of fused-ring (bicyclic) bond motifs is 2. The second kappa shape index (κ2) is 3.13. The predicted molar refractivity (Wildman–Crippen MR) is 43.1 cm³/mol. The van der Waals surface area contributed by atoms with Gasteiger partial charge in [-0.25, -0.2) is 9.78 Å². The number of hydrogen-bond donors (Lipinski definition) is 0. The van der Waals surface area contributed by atoms with E-state index in [4.69, 9.17) is 14.5 Å². The number of hydrogen-bond acceptors (Lipinski definition) is 3. The third-order valence-electron chi connectivity index (χ3n) is 1.81. The van der Waals surface area contributed by atoms with Crippen LogP contribution in [-0.4, -0.2) is 19.3 Å². The molecule has 0 radical (unpaired) electrons. The fourth-order valence-electron chi connectivity index (χ4n) is 1.19. The van der Waals surface area contributed by atoms with Crippen molar-refractivity contribution < 1.29 is 14.5 Å². The lowest BCUT2D eigenvalue weighted by molar-refractivity contribution is -0.330. The molecule has 0 aromatic heterocycles. The minimum absolute atomic E-state index is 0.124. The molecule has 2 aliphatic heterocycles. The third kappa shape index (κ3) is 1.29. The Morgan fingerprint density at radius 3 is 2.92 bits per heavy atom. The van der Waals surface area contributed by atoms with Gasteiger partial charge < -0.3 is 4.74 Å². The Morgan fingerprint density at radius 1 is 1.25 bits per heavy atom. The van der Waals surface area contributed by atoms with Crippen molar-refractivity contribution in [2.75, 3.05) is 7.11 Å². The molecule has 2 heterocycles. The minimum atomic E-state index is -0.198. The fraction of sp³-hybridized carbons (Fsp3) is 0.333. The van der Waals surface area contributed by atoms with Gasteiger partial charge in [-0.05, 0) is 18.2 Å². The summed E-state index contributed by atoms with van der Waals surface area (Å²) in [6, 6.07) is 0. The zero-order valence-electron chi connectivity index (χ0n) is 6.77. The van der Waals surface area contributed by atoms with E-state index in [-0.39, 0.29) is 12.2 Å². The van der Waals surface area contributed by atoms with Crippen molar-refractivity contribution in [1.29, 1.82) is 0 Å². The summed E-state index contributed by atoms with van der Waals surface area (Å²) >= 11 is 0. The highest BCUT2D eigenvalue weighted by atomic mass is 17.2. The molecular weight excluding hydrogens is 156 g/mol. The molecule has 3 heteroatoms. The quantitative estimate of drug-likeness (QED) is 0.550. The van der Waals surface area contributed by atoms with E-state index < -0.39 is 0 Å². The molecule has 1 aliphatic carbocycles. The standard InChI is InChI=1S/C9H10O3/c1-10-9-6-7-4-2-3-5-8(9)12-11-7/h2-8H,1H3. The molecule has 2 atom stereocenters. The molecule has 0 spiro atoms. The van der Waals surface area contributed by atoms with Crippen molar-refractivity contribution in [2.24, 2.45) is 0 Å². The number of methoxy groups -OCH3 is 1. The van der Waals surface area contributed by atoms with Crippen molar-refractivity contribution in [1.82, 2.24) is 0 Å². The van der Waals surface area contributed by atoms with Crippen molar-refractivity contribution in [2.45, 2.75) is 12.2 Å². The molecule has 0 amide bonds. The first-order valence-corrected chi connectivity index (χ1v) is 3.83. The molecule has 0 saturated carbocycles. The van der Waals surface area contributed by atoms with Gasteiger partial charge in [0.25, 0.3) is 0 Å². The van der Waals surface area contributed by atoms with Crippen molar-refractivity contribution >= 4 is 0 Å². The molecule has 12 heavy (non-hydrogen) atoms. The van der Waals surface area contributed by atoms with Crippen LogP contribution in [-0.2, 0) is 14.5 Å². The van der Waals surface area contributed by atoms with E-state index in [1.807, 2.05) is 30.4 Å². The summed E-state index contributed by atoms with van der Waals surface area (Å²) in [6.07, 6.45) is 9.20. The van der Waals surface area contributed by atoms with Gasteiger partial charge in [-0.15, -0.1) is 0 Å². The van der Waals surface area contributed by atoms with E-state index in [2.05, 4.69) is 0 Å². The van der Waals surface area contributed by atoms with Gasteiger partial charge >= 0.3 is 0 Å². The van der Waals surface area contributed by atoms with Crippen molar-refractivity contribution in [3.8, 4) is 0 Å². The lowest BCUT2D eigenvalue weighted by Gasteiger charge is -2.24. The summed E-state index contributed by atoms with van der Waals surface area (Å²) in [5, 5.41) is 0. The zero-order valence-corrected chi connectivity index (χ0v) is 6.77. The summed E-state index contributed by atoms with van der Waals surface area (Å²) < 4.78 is 5.13. The number of ether oxygens (including phenoxy) is 1. The van der Waals surface area contributed by atoms with Gasteiger partial charge in [-0.3, -0.25) is 0 Å². The Morgan fingerprint density at radius 2 is 2.08 bits per heavy atom. The second-order valence-corrected chi connectivity index (χ2v) is 2.62. The second-order valence-electron chi connectivity index (χ2n) is 2.62. The molecule has 2 bridgehead atoms. The summed E-state index contributed by atoms with van der Waals surface area (Å²) in [4.78, 5) is 10.1. The van der Waals surface area contributed by atoms with Gasteiger partial charge in [-0.2, -0.15) is 0 Å². The van der Waals surface area contributed by atoms with Gasteiger partial charge in [0.05, 0.1) is 7.11 Å². The molecule has 0 saturated heterocycles. The molecule has 3 nitrogen and oxygen atoms in total. The van der Waals surface area contributed by atoms with Gasteiger partial charge in [0, 0.05) is 0 Å². The first kappa shape index (κ1) is 7.58. The Kier molecular flexibility index (Phi) is 1.98. The lowest BCUT2D eigenvalue weighted by Crippen LogP contribution is -2.26. The van der Waals surface area contributed by atoms with Gasteiger partial charge in [-0.1, -0.05) is 12.2 Å². The minimum Gasteiger partial charge on any atom is -0.498 e. The molecule has 0 N–H and O–H groups in total. The lowest BCUT2D eigenvalue weighted by atomic mass is 10.1. The fourth-order valence-corrected chi connectivity index (χ4v) is 1.19. The van der Waals surface area contributed by atoms with Crippen LogP contribution in [0.25, 0.3) is 0 Å². The van der Waals surface area contributed by atoms with E-state index in [1.165, 1.54) is 0 Å². The van der Waals surface area contributed by atoms with Crippen LogP contribution in [0.1, 0.15) is 0 Å². The van der Waals surface area contributed by atoms with E-state index in [0.717, 1.165) is 5.76 Å². The third-order valence-corrected chi connectivity index (χ3v) is 1.81. The smallest absolute Gasteiger partial charge is 0.168 e. The molecule has 0 aromatic rings. The van der Waals surface area contributed by atoms with Crippen LogP contribution in [0.15, 0.2) is 36.1 Å². The summed E-state index contributed by atoms with van der Waals surface area (Å²) in [5.41, 5.74) is 0. The van der Waals surface area contributed by atoms with E-state index >= 15 is 0 Å². The Balaban J connectivity index is 2.31. The average molecular weight is 166 g/mol. The normalized spacial score (nSPS) is 32.6. The molecule has 0 fully saturated rings. The summed E-state index contributed by atoms with van der Waals surface area (Å²) in [5.74, 6) is 0.798. The predicted octanol–water partition coefficient (Wildman–Crippen LogP) is 1.34. The SMILES string of the molecule is COC1=CC2C=CC=CC1OO2. The molecule has 3 rings (SSSR count). The topological polar surface area (TPSA) is 27.7 Å². The van der Waals surface area contributed by atoms with Crippen molar-refractivity contribution in [3.05, 3.63) is 36.1 Å². The zero-order chi connectivity index (χ0) is 8.39.